The van der Waals surface area contributed by atoms with E-state index in [0.29, 0.717) is 19.4 Å². The Morgan fingerprint density at radius 3 is 2.33 bits per heavy atom. The van der Waals surface area contributed by atoms with E-state index < -0.39 is 5.54 Å². The van der Waals surface area contributed by atoms with E-state index in [1.807, 2.05) is 104 Å². The van der Waals surface area contributed by atoms with Crippen molar-refractivity contribution in [2.24, 2.45) is 0 Å². The van der Waals surface area contributed by atoms with E-state index in [-0.39, 0.29) is 18.4 Å². The Morgan fingerprint density at radius 1 is 0.923 bits per heavy atom. The van der Waals surface area contributed by atoms with Gasteiger partial charge < -0.3 is 15.1 Å². The second-order valence-electron chi connectivity index (χ2n) is 10.6. The largest absolute Gasteiger partial charge is 0.378 e. The molecule has 0 spiro atoms. The number of aryl methyl sites for hydroxylation is 1. The summed E-state index contributed by atoms with van der Waals surface area (Å²) in [6, 6.07) is 23.5. The summed E-state index contributed by atoms with van der Waals surface area (Å²) in [5.74, 6) is -0.279. The van der Waals surface area contributed by atoms with Gasteiger partial charge in [-0.15, -0.1) is 5.10 Å². The third kappa shape index (κ3) is 5.50. The smallest absolute Gasteiger partial charge is 0.250 e. The number of nitrogens with one attached hydrogen (secondary N) is 1. The fraction of sp³-hybridized carbons (Fsp3) is 0.355. The van der Waals surface area contributed by atoms with Gasteiger partial charge in [0.15, 0.2) is 0 Å². The van der Waals surface area contributed by atoms with Gasteiger partial charge in [-0.3, -0.25) is 9.59 Å². The topological polar surface area (TPSA) is 83.4 Å². The van der Waals surface area contributed by atoms with Crippen molar-refractivity contribution < 1.29 is 9.59 Å². The number of amides is 2. The van der Waals surface area contributed by atoms with Crippen molar-refractivity contribution in [2.45, 2.75) is 57.7 Å². The van der Waals surface area contributed by atoms with E-state index in [2.05, 4.69) is 15.6 Å². The number of carbonyl (C=O) groups is 2. The SMILES string of the molecule is Cc1ccccc1CN(C(=O)Cn1nnc2ccccc21)C1(C(=O)Nc2ccc(N(C)C)cc2)CCCCC1. The summed E-state index contributed by atoms with van der Waals surface area (Å²) >= 11 is 0. The number of anilines is 2. The first-order chi connectivity index (χ1) is 18.9. The van der Waals surface area contributed by atoms with Gasteiger partial charge in [-0.1, -0.05) is 60.9 Å². The Bertz CT molecular complexity index is 1450. The zero-order valence-corrected chi connectivity index (χ0v) is 22.9. The molecule has 3 aromatic carbocycles. The Morgan fingerprint density at radius 2 is 1.62 bits per heavy atom. The quantitative estimate of drug-likeness (QED) is 0.344. The van der Waals surface area contributed by atoms with E-state index in [9.17, 15) is 9.59 Å². The molecule has 1 aliphatic rings. The molecule has 0 radical (unpaired) electrons. The molecule has 0 aliphatic heterocycles. The number of fused-ring (bicyclic) bond motifs is 1. The monoisotopic (exact) mass is 524 g/mol. The molecule has 0 atom stereocenters. The maximum Gasteiger partial charge on any atom is 0.250 e. The van der Waals surface area contributed by atoms with E-state index >= 15 is 0 Å². The van der Waals surface area contributed by atoms with Crippen LogP contribution in [0, 0.1) is 6.92 Å². The number of rotatable bonds is 8. The lowest BCUT2D eigenvalue weighted by atomic mass is 9.78. The highest BCUT2D eigenvalue weighted by atomic mass is 16.2. The average Bonchev–Trinajstić information content (AvgIpc) is 3.35. The molecule has 0 unspecified atom stereocenters. The van der Waals surface area contributed by atoms with Crippen LogP contribution in [0.5, 0.6) is 0 Å². The molecule has 1 N–H and O–H groups in total. The Labute approximate surface area is 229 Å². The van der Waals surface area contributed by atoms with Crippen LogP contribution in [-0.2, 0) is 22.7 Å². The summed E-state index contributed by atoms with van der Waals surface area (Å²) < 4.78 is 1.64. The summed E-state index contributed by atoms with van der Waals surface area (Å²) in [7, 11) is 3.97. The van der Waals surface area contributed by atoms with Crippen LogP contribution in [-0.4, -0.2) is 51.3 Å². The average molecular weight is 525 g/mol. The van der Waals surface area contributed by atoms with Crippen molar-refractivity contribution in [3.63, 3.8) is 0 Å². The molecule has 202 valence electrons. The number of nitrogens with zero attached hydrogens (tertiary/aromatic N) is 5. The van der Waals surface area contributed by atoms with Crippen molar-refractivity contribution in [1.82, 2.24) is 19.9 Å². The molecule has 4 aromatic rings. The van der Waals surface area contributed by atoms with E-state index in [0.717, 1.165) is 52.8 Å². The van der Waals surface area contributed by atoms with Crippen molar-refractivity contribution in [3.8, 4) is 0 Å². The van der Waals surface area contributed by atoms with Crippen molar-refractivity contribution >= 4 is 34.2 Å². The Balaban J connectivity index is 1.51. The lowest BCUT2D eigenvalue weighted by molar-refractivity contribution is -0.149. The summed E-state index contributed by atoms with van der Waals surface area (Å²) in [5, 5.41) is 11.6. The first-order valence-corrected chi connectivity index (χ1v) is 13.6. The third-order valence-electron chi connectivity index (χ3n) is 7.86. The maximum absolute atomic E-state index is 14.2. The van der Waals surface area contributed by atoms with Gasteiger partial charge in [-0.2, -0.15) is 0 Å². The van der Waals surface area contributed by atoms with Crippen LogP contribution in [0.2, 0.25) is 0 Å². The minimum Gasteiger partial charge on any atom is -0.378 e. The second-order valence-corrected chi connectivity index (χ2v) is 10.6. The molecular formula is C31H36N6O2. The fourth-order valence-electron chi connectivity index (χ4n) is 5.53. The first kappa shape index (κ1) is 26.4. The molecule has 2 amide bonds. The van der Waals surface area contributed by atoms with Gasteiger partial charge in [0.25, 0.3) is 0 Å². The van der Waals surface area contributed by atoms with Crippen LogP contribution in [0.25, 0.3) is 11.0 Å². The molecule has 5 rings (SSSR count). The van der Waals surface area contributed by atoms with Gasteiger partial charge in [0.1, 0.15) is 17.6 Å². The van der Waals surface area contributed by atoms with Crippen LogP contribution in [0.15, 0.2) is 72.8 Å². The molecule has 0 bridgehead atoms. The molecular weight excluding hydrogens is 488 g/mol. The highest BCUT2D eigenvalue weighted by Gasteiger charge is 2.47. The lowest BCUT2D eigenvalue weighted by Crippen LogP contribution is -2.60. The summed E-state index contributed by atoms with van der Waals surface area (Å²) in [5.41, 5.74) is 4.47. The molecule has 0 saturated heterocycles. The molecule has 1 heterocycles. The first-order valence-electron chi connectivity index (χ1n) is 13.6. The van der Waals surface area contributed by atoms with E-state index in [1.54, 1.807) is 4.68 Å². The summed E-state index contributed by atoms with van der Waals surface area (Å²) in [6.45, 7) is 2.41. The Kier molecular flexibility index (Phi) is 7.63. The van der Waals surface area contributed by atoms with Gasteiger partial charge >= 0.3 is 0 Å². The second kappa shape index (κ2) is 11.3. The molecule has 39 heavy (non-hydrogen) atoms. The van der Waals surface area contributed by atoms with Gasteiger partial charge in [0.2, 0.25) is 11.8 Å². The van der Waals surface area contributed by atoms with Crippen LogP contribution < -0.4 is 10.2 Å². The normalized spacial score (nSPS) is 14.6. The number of para-hydroxylation sites is 1. The van der Waals surface area contributed by atoms with Gasteiger partial charge in [0.05, 0.1) is 5.52 Å². The molecule has 1 aromatic heterocycles. The van der Waals surface area contributed by atoms with Crippen LogP contribution >= 0.6 is 0 Å². The molecule has 8 nitrogen and oxygen atoms in total. The highest BCUT2D eigenvalue weighted by molar-refractivity contribution is 6.00. The van der Waals surface area contributed by atoms with Gasteiger partial charge in [-0.25, -0.2) is 4.68 Å². The summed E-state index contributed by atoms with van der Waals surface area (Å²) in [6.07, 6.45) is 4.05. The van der Waals surface area contributed by atoms with Crippen LogP contribution in [0.1, 0.15) is 43.2 Å². The van der Waals surface area contributed by atoms with Crippen molar-refractivity contribution in [2.75, 3.05) is 24.3 Å². The van der Waals surface area contributed by atoms with E-state index in [4.69, 9.17) is 0 Å². The number of hydrogen-bond acceptors (Lipinski definition) is 5. The standard InChI is InChI=1S/C31H36N6O2/c1-23-11-5-6-12-24(23)21-36(29(38)22-37-28-14-8-7-13-27(28)33-34-37)31(19-9-4-10-20-31)30(39)32-25-15-17-26(18-16-25)35(2)3/h5-8,11-18H,4,9-10,19-22H2,1-3H3,(H,32,39). The summed E-state index contributed by atoms with van der Waals surface area (Å²) in [4.78, 5) is 32.2. The zero-order valence-electron chi connectivity index (χ0n) is 22.9. The maximum atomic E-state index is 14.2. The molecule has 8 heteroatoms. The van der Waals surface area contributed by atoms with Gasteiger partial charge in [-0.05, 0) is 67.3 Å². The lowest BCUT2D eigenvalue weighted by Gasteiger charge is -2.45. The number of aromatic nitrogens is 3. The molecule has 1 aliphatic carbocycles. The zero-order chi connectivity index (χ0) is 27.4. The third-order valence-corrected chi connectivity index (χ3v) is 7.86. The molecule has 1 saturated carbocycles. The van der Waals surface area contributed by atoms with E-state index in [1.165, 1.54) is 0 Å². The molecule has 1 fully saturated rings. The minimum absolute atomic E-state index is 0.0129. The van der Waals surface area contributed by atoms with Crippen molar-refractivity contribution in [3.05, 3.63) is 83.9 Å². The van der Waals surface area contributed by atoms with Crippen molar-refractivity contribution in [1.29, 1.82) is 0 Å². The Hall–Kier alpha value is -4.20. The highest BCUT2D eigenvalue weighted by Crippen LogP contribution is 2.37. The number of hydrogen-bond donors (Lipinski definition) is 1. The van der Waals surface area contributed by atoms with Crippen LogP contribution in [0.4, 0.5) is 11.4 Å². The predicted octanol–water partition coefficient (Wildman–Crippen LogP) is 5.18. The van der Waals surface area contributed by atoms with Crippen LogP contribution in [0.3, 0.4) is 0 Å². The van der Waals surface area contributed by atoms with Gasteiger partial charge in [0, 0.05) is 32.0 Å². The number of benzene rings is 3. The fourth-order valence-corrected chi connectivity index (χ4v) is 5.53. The number of carbonyl (C=O) groups excluding carboxylic acids is 2. The predicted molar refractivity (Wildman–Crippen MR) is 154 cm³/mol. The minimum atomic E-state index is -0.964.